The van der Waals surface area contributed by atoms with Gasteiger partial charge in [0.2, 0.25) is 12.3 Å². The Morgan fingerprint density at radius 2 is 1.45 bits per heavy atom. The number of hydrogen-bond acceptors (Lipinski definition) is 8. The predicted octanol–water partition coefficient (Wildman–Crippen LogP) is 4.93. The topological polar surface area (TPSA) is 133 Å². The number of carbonyl (C=O) groups excluding carboxylic acids is 2. The molecule has 12 heteroatoms. The van der Waals surface area contributed by atoms with Crippen molar-refractivity contribution in [2.24, 2.45) is 0 Å². The van der Waals surface area contributed by atoms with Crippen LogP contribution in [0.15, 0.2) is 0 Å². The summed E-state index contributed by atoms with van der Waals surface area (Å²) in [5.74, 6) is -1.04. The van der Waals surface area contributed by atoms with Gasteiger partial charge in [-0.2, -0.15) is 0 Å². The molecule has 0 aliphatic heterocycles. The van der Waals surface area contributed by atoms with Crippen LogP contribution in [0, 0.1) is 0 Å². The summed E-state index contributed by atoms with van der Waals surface area (Å²) in [4.78, 5) is 43.7. The first-order valence-corrected chi connectivity index (χ1v) is 16.1. The van der Waals surface area contributed by atoms with Crippen LogP contribution in [-0.4, -0.2) is 69.1 Å². The van der Waals surface area contributed by atoms with Crippen molar-refractivity contribution in [1.82, 2.24) is 10.6 Å². The smallest absolute Gasteiger partial charge is 0.327 e. The zero-order valence-corrected chi connectivity index (χ0v) is 23.9. The van der Waals surface area contributed by atoms with Crippen LogP contribution in [0.3, 0.4) is 0 Å². The lowest BCUT2D eigenvalue weighted by Crippen LogP contribution is -2.41. The molecule has 0 aliphatic rings. The molecule has 196 valence electrons. The maximum atomic E-state index is 11.2. The minimum Gasteiger partial charge on any atom is -0.480 e. The van der Waals surface area contributed by atoms with Crippen LogP contribution in [0.5, 0.6) is 0 Å². The Balaban J connectivity index is -0.00000212. The molecule has 0 rings (SSSR count). The van der Waals surface area contributed by atoms with E-state index in [1.807, 2.05) is 27.7 Å². The maximum Gasteiger partial charge on any atom is 0.327 e. The zero-order chi connectivity index (χ0) is 26.1. The monoisotopic (exact) mass is 546 g/mol. The molecule has 3 unspecified atom stereocenters. The summed E-state index contributed by atoms with van der Waals surface area (Å²) < 4.78 is 0. The number of carboxylic acids is 2. The second kappa shape index (κ2) is 27.5. The third kappa shape index (κ3) is 24.2. The Morgan fingerprint density at radius 1 is 0.879 bits per heavy atom. The van der Waals surface area contributed by atoms with Crippen LogP contribution in [-0.2, 0) is 19.2 Å². The van der Waals surface area contributed by atoms with Crippen LogP contribution in [0.1, 0.15) is 73.6 Å². The van der Waals surface area contributed by atoms with E-state index in [0.717, 1.165) is 37.9 Å². The van der Waals surface area contributed by atoms with Gasteiger partial charge in [0.1, 0.15) is 12.1 Å². The van der Waals surface area contributed by atoms with E-state index in [1.165, 1.54) is 28.5 Å². The molecule has 0 aromatic rings. The lowest BCUT2D eigenvalue weighted by molar-refractivity contribution is -0.141. The Morgan fingerprint density at radius 3 is 1.94 bits per heavy atom. The number of carboxylic acid groups (broad SMARTS) is 2. The quantitative estimate of drug-likeness (QED) is 0.100. The first-order valence-electron chi connectivity index (χ1n) is 11.3. The number of rotatable bonds is 19. The van der Waals surface area contributed by atoms with Gasteiger partial charge in [0.05, 0.1) is 0 Å². The standard InChI is InChI=1S/C17H30N2O6S4.2C2H6/c1-3-4-5-6-13(29-28-10-15(17(24)25)19-12(2)21)7-8-26-27-9-14(16(22)23)18-11-20;2*1-2/h11,13-15H,3-10H2,1-2H3,(H,18,20)(H,19,21)(H,22,23)(H,24,25);2*1-2H3. The molecule has 0 bridgehead atoms. The van der Waals surface area contributed by atoms with Gasteiger partial charge in [0.25, 0.3) is 0 Å². The van der Waals surface area contributed by atoms with Gasteiger partial charge < -0.3 is 20.8 Å². The third-order valence-corrected chi connectivity index (χ3v) is 9.08. The van der Waals surface area contributed by atoms with Gasteiger partial charge in [0, 0.05) is 29.4 Å². The Labute approximate surface area is 215 Å². The molecule has 4 N–H and O–H groups in total. The van der Waals surface area contributed by atoms with Crippen LogP contribution in [0.2, 0.25) is 0 Å². The minimum absolute atomic E-state index is 0.290. The number of nitrogens with one attached hydrogen (secondary N) is 2. The summed E-state index contributed by atoms with van der Waals surface area (Å²) in [5.41, 5.74) is 0. The van der Waals surface area contributed by atoms with Crippen molar-refractivity contribution >= 4 is 67.4 Å². The van der Waals surface area contributed by atoms with Crippen molar-refractivity contribution < 1.29 is 29.4 Å². The zero-order valence-electron chi connectivity index (χ0n) is 20.6. The second-order valence-electron chi connectivity index (χ2n) is 6.16. The van der Waals surface area contributed by atoms with Gasteiger partial charge >= 0.3 is 11.9 Å². The highest BCUT2D eigenvalue weighted by molar-refractivity contribution is 8.77. The fourth-order valence-electron chi connectivity index (χ4n) is 2.11. The highest BCUT2D eigenvalue weighted by Crippen LogP contribution is 2.35. The van der Waals surface area contributed by atoms with E-state index in [-0.39, 0.29) is 11.7 Å². The minimum atomic E-state index is -1.05. The first kappa shape index (κ1) is 36.8. The van der Waals surface area contributed by atoms with Crippen LogP contribution >= 0.6 is 43.2 Å². The van der Waals surface area contributed by atoms with E-state index >= 15 is 0 Å². The molecule has 0 saturated carbocycles. The number of hydrogen-bond donors (Lipinski definition) is 4. The van der Waals surface area contributed by atoms with Crippen molar-refractivity contribution in [3.8, 4) is 0 Å². The molecular weight excluding hydrogens is 505 g/mol. The van der Waals surface area contributed by atoms with Gasteiger partial charge in [-0.3, -0.25) is 9.59 Å². The van der Waals surface area contributed by atoms with Gasteiger partial charge in [0.15, 0.2) is 0 Å². The van der Waals surface area contributed by atoms with Gasteiger partial charge in [-0.25, -0.2) is 9.59 Å². The summed E-state index contributed by atoms with van der Waals surface area (Å²) in [6, 6.07) is -1.79. The fraction of sp³-hybridized carbons (Fsp3) is 0.810. The van der Waals surface area contributed by atoms with E-state index in [1.54, 1.807) is 21.6 Å². The molecule has 0 aliphatic carbocycles. The van der Waals surface area contributed by atoms with E-state index in [9.17, 15) is 24.3 Å². The van der Waals surface area contributed by atoms with E-state index in [4.69, 9.17) is 5.11 Å². The molecular formula is C21H42N2O6S4. The molecule has 2 amide bonds. The predicted molar refractivity (Wildman–Crippen MR) is 146 cm³/mol. The van der Waals surface area contributed by atoms with Crippen molar-refractivity contribution in [2.45, 2.75) is 91.0 Å². The second-order valence-corrected chi connectivity index (χ2v) is 11.5. The van der Waals surface area contributed by atoms with Crippen LogP contribution in [0.25, 0.3) is 0 Å². The highest BCUT2D eigenvalue weighted by Gasteiger charge is 2.20. The van der Waals surface area contributed by atoms with Gasteiger partial charge in [-0.1, -0.05) is 97.1 Å². The van der Waals surface area contributed by atoms with Gasteiger partial charge in [-0.15, -0.1) is 0 Å². The third-order valence-electron chi connectivity index (χ3n) is 3.65. The number of amides is 2. The summed E-state index contributed by atoms with van der Waals surface area (Å²) >= 11 is 0. The average Bonchev–Trinajstić information content (AvgIpc) is 2.79. The van der Waals surface area contributed by atoms with E-state index in [2.05, 4.69) is 17.6 Å². The molecule has 0 saturated heterocycles. The molecule has 8 nitrogen and oxygen atoms in total. The summed E-state index contributed by atoms with van der Waals surface area (Å²) in [6.45, 7) is 11.4. The Hall–Kier alpha value is -0.720. The summed E-state index contributed by atoms with van der Waals surface area (Å²) in [7, 11) is 6.09. The molecule has 0 spiro atoms. The molecule has 0 aromatic heterocycles. The van der Waals surface area contributed by atoms with Crippen molar-refractivity contribution in [2.75, 3.05) is 17.3 Å². The van der Waals surface area contributed by atoms with Gasteiger partial charge in [-0.05, 0) is 12.8 Å². The van der Waals surface area contributed by atoms with E-state index < -0.39 is 24.0 Å². The number of carbonyl (C=O) groups is 4. The molecule has 0 heterocycles. The highest BCUT2D eigenvalue weighted by atomic mass is 33.1. The van der Waals surface area contributed by atoms with E-state index in [0.29, 0.717) is 17.4 Å². The van der Waals surface area contributed by atoms with Crippen LogP contribution in [0.4, 0.5) is 0 Å². The Bertz CT molecular complexity index is 515. The largest absolute Gasteiger partial charge is 0.480 e. The maximum absolute atomic E-state index is 11.2. The van der Waals surface area contributed by atoms with Crippen molar-refractivity contribution in [3.05, 3.63) is 0 Å². The Kier molecular flexibility index (Phi) is 30.7. The summed E-state index contributed by atoms with van der Waals surface area (Å²) in [6.07, 6.45) is 5.71. The molecule has 0 radical (unpaired) electrons. The normalized spacial score (nSPS) is 12.5. The first-order chi connectivity index (χ1) is 15.8. The van der Waals surface area contributed by atoms with Crippen LogP contribution < -0.4 is 10.6 Å². The molecule has 0 aromatic carbocycles. The lowest BCUT2D eigenvalue weighted by Gasteiger charge is -2.18. The molecule has 3 atom stereocenters. The fourth-order valence-corrected chi connectivity index (χ4v) is 7.48. The number of unbranched alkanes of at least 4 members (excludes halogenated alkanes) is 2. The number of aliphatic carboxylic acids is 2. The molecule has 0 fully saturated rings. The van der Waals surface area contributed by atoms with Crippen molar-refractivity contribution in [3.63, 3.8) is 0 Å². The van der Waals surface area contributed by atoms with Crippen molar-refractivity contribution in [1.29, 1.82) is 0 Å². The molecule has 33 heavy (non-hydrogen) atoms. The summed E-state index contributed by atoms with van der Waals surface area (Å²) in [5, 5.41) is 23.2. The lowest BCUT2D eigenvalue weighted by atomic mass is 10.1. The average molecular weight is 547 g/mol. The SMILES string of the molecule is CC.CC.CCCCCC(CCSSCC(NC=O)C(=O)O)SSCC(NC(C)=O)C(=O)O.